The van der Waals surface area contributed by atoms with E-state index < -0.39 is 5.60 Å². The predicted octanol–water partition coefficient (Wildman–Crippen LogP) is 3.47. The molecule has 1 aliphatic heterocycles. The Balaban J connectivity index is 1.38. The van der Waals surface area contributed by atoms with Crippen LogP contribution in [0.15, 0.2) is 48.5 Å². The van der Waals surface area contributed by atoms with Crippen LogP contribution in [0, 0.1) is 11.8 Å². The summed E-state index contributed by atoms with van der Waals surface area (Å²) in [6.07, 6.45) is 1.33. The number of nitrogens with one attached hydrogen (secondary N) is 1. The van der Waals surface area contributed by atoms with Crippen LogP contribution in [0.5, 0.6) is 11.5 Å². The number of aliphatic hydroxyl groups is 1. The molecule has 148 valence electrons. The fourth-order valence-corrected chi connectivity index (χ4v) is 4.54. The number of methoxy groups -OCH3 is 2. The summed E-state index contributed by atoms with van der Waals surface area (Å²) in [5.41, 5.74) is 0.800. The lowest BCUT2D eigenvalue weighted by atomic mass is 9.90. The summed E-state index contributed by atoms with van der Waals surface area (Å²) in [7, 11) is 3.25. The van der Waals surface area contributed by atoms with Crippen LogP contribution in [-0.2, 0) is 5.60 Å². The van der Waals surface area contributed by atoms with Gasteiger partial charge in [-0.1, -0.05) is 12.1 Å². The molecule has 28 heavy (non-hydrogen) atoms. The van der Waals surface area contributed by atoms with E-state index in [1.807, 2.05) is 53.4 Å². The van der Waals surface area contributed by atoms with Crippen LogP contribution < -0.4 is 14.8 Å². The number of rotatable bonds is 4. The lowest BCUT2D eigenvalue weighted by Crippen LogP contribution is -2.35. The molecule has 6 heteroatoms. The quantitative estimate of drug-likeness (QED) is 0.850. The molecule has 0 bridgehead atoms. The van der Waals surface area contributed by atoms with Crippen molar-refractivity contribution in [1.82, 2.24) is 4.90 Å². The molecule has 2 amide bonds. The van der Waals surface area contributed by atoms with Crippen molar-refractivity contribution >= 4 is 11.7 Å². The van der Waals surface area contributed by atoms with Crippen LogP contribution in [0.25, 0.3) is 0 Å². The number of amides is 2. The summed E-state index contributed by atoms with van der Waals surface area (Å²) in [5, 5.41) is 14.2. The van der Waals surface area contributed by atoms with Gasteiger partial charge in [-0.3, -0.25) is 0 Å². The molecular formula is C22H26N2O4. The number of hydrogen-bond donors (Lipinski definition) is 2. The second-order valence-corrected chi connectivity index (χ2v) is 7.76. The van der Waals surface area contributed by atoms with E-state index in [4.69, 9.17) is 9.47 Å². The van der Waals surface area contributed by atoms with Crippen LogP contribution >= 0.6 is 0 Å². The normalized spacial score (nSPS) is 26.0. The number of anilines is 1. The SMILES string of the molecule is COc1ccc(NC(=O)N2CC3CC(O)(c4cccc(OC)c4)CC3C2)cc1. The van der Waals surface area contributed by atoms with Crippen molar-refractivity contribution in [2.45, 2.75) is 18.4 Å². The predicted molar refractivity (Wildman–Crippen MR) is 107 cm³/mol. The van der Waals surface area contributed by atoms with Gasteiger partial charge in [0.05, 0.1) is 19.8 Å². The first kappa shape index (κ1) is 18.6. The largest absolute Gasteiger partial charge is 0.497 e. The van der Waals surface area contributed by atoms with Gasteiger partial charge in [0.25, 0.3) is 0 Å². The summed E-state index contributed by atoms with van der Waals surface area (Å²) < 4.78 is 10.4. The zero-order chi connectivity index (χ0) is 19.7. The molecule has 1 heterocycles. The van der Waals surface area contributed by atoms with Crippen molar-refractivity contribution in [3.63, 3.8) is 0 Å². The second-order valence-electron chi connectivity index (χ2n) is 7.76. The Labute approximate surface area is 165 Å². The molecule has 1 aliphatic carbocycles. The molecule has 2 atom stereocenters. The number of nitrogens with zero attached hydrogens (tertiary/aromatic N) is 1. The minimum atomic E-state index is -0.845. The molecular weight excluding hydrogens is 356 g/mol. The highest BCUT2D eigenvalue weighted by atomic mass is 16.5. The molecule has 2 aromatic carbocycles. The highest BCUT2D eigenvalue weighted by molar-refractivity contribution is 5.89. The Morgan fingerprint density at radius 1 is 1.04 bits per heavy atom. The number of carbonyl (C=O) groups excluding carboxylic acids is 1. The Bertz CT molecular complexity index is 838. The van der Waals surface area contributed by atoms with E-state index in [9.17, 15) is 9.90 Å². The molecule has 2 aliphatic rings. The standard InChI is InChI=1S/C22H26N2O4/c1-27-19-8-6-18(7-9-19)23-21(25)24-13-15-11-22(26,12-16(15)14-24)17-4-3-5-20(10-17)28-2/h3-10,15-16,26H,11-14H2,1-2H3,(H,23,25). The maximum Gasteiger partial charge on any atom is 0.321 e. The number of urea groups is 1. The molecule has 6 nitrogen and oxygen atoms in total. The van der Waals surface area contributed by atoms with Crippen molar-refractivity contribution in [1.29, 1.82) is 0 Å². The first-order valence-corrected chi connectivity index (χ1v) is 9.57. The monoisotopic (exact) mass is 382 g/mol. The molecule has 2 unspecified atom stereocenters. The fourth-order valence-electron chi connectivity index (χ4n) is 4.54. The smallest absolute Gasteiger partial charge is 0.321 e. The van der Waals surface area contributed by atoms with E-state index in [2.05, 4.69) is 5.32 Å². The summed E-state index contributed by atoms with van der Waals surface area (Å²) in [6.45, 7) is 1.33. The first-order valence-electron chi connectivity index (χ1n) is 9.57. The maximum absolute atomic E-state index is 12.6. The third kappa shape index (κ3) is 3.52. The lowest BCUT2D eigenvalue weighted by Gasteiger charge is -2.27. The molecule has 1 saturated heterocycles. The number of benzene rings is 2. The van der Waals surface area contributed by atoms with E-state index in [-0.39, 0.29) is 6.03 Å². The number of carbonyl (C=O) groups is 1. The molecule has 0 spiro atoms. The summed E-state index contributed by atoms with van der Waals surface area (Å²) >= 11 is 0. The van der Waals surface area contributed by atoms with Gasteiger partial charge in [-0.15, -0.1) is 0 Å². The van der Waals surface area contributed by atoms with Crippen LogP contribution in [0.2, 0.25) is 0 Å². The number of likely N-dealkylation sites (tertiary alicyclic amines) is 1. The molecule has 2 N–H and O–H groups in total. The number of fused-ring (bicyclic) bond motifs is 1. The van der Waals surface area contributed by atoms with Gasteiger partial charge in [0.15, 0.2) is 0 Å². The highest BCUT2D eigenvalue weighted by Gasteiger charge is 2.50. The minimum Gasteiger partial charge on any atom is -0.497 e. The van der Waals surface area contributed by atoms with Crippen molar-refractivity contribution in [2.24, 2.45) is 11.8 Å². The van der Waals surface area contributed by atoms with Crippen molar-refractivity contribution in [2.75, 3.05) is 32.6 Å². The van der Waals surface area contributed by atoms with Gasteiger partial charge in [0.2, 0.25) is 0 Å². The molecule has 1 saturated carbocycles. The van der Waals surface area contributed by atoms with Crippen LogP contribution in [-0.4, -0.2) is 43.3 Å². The van der Waals surface area contributed by atoms with E-state index in [1.165, 1.54) is 0 Å². The van der Waals surface area contributed by atoms with Crippen LogP contribution in [0.3, 0.4) is 0 Å². The zero-order valence-electron chi connectivity index (χ0n) is 16.2. The Morgan fingerprint density at radius 3 is 2.29 bits per heavy atom. The average molecular weight is 382 g/mol. The van der Waals surface area contributed by atoms with Gasteiger partial charge in [-0.2, -0.15) is 0 Å². The molecule has 2 fully saturated rings. The minimum absolute atomic E-state index is 0.0931. The first-order chi connectivity index (χ1) is 13.5. The second kappa shape index (κ2) is 7.36. The highest BCUT2D eigenvalue weighted by Crippen LogP contribution is 2.49. The summed E-state index contributed by atoms with van der Waals surface area (Å²) in [5.74, 6) is 2.12. The average Bonchev–Trinajstić information content (AvgIpc) is 3.24. The van der Waals surface area contributed by atoms with Gasteiger partial charge in [-0.05, 0) is 66.6 Å². The lowest BCUT2D eigenvalue weighted by molar-refractivity contribution is 0.0326. The van der Waals surface area contributed by atoms with Gasteiger partial charge >= 0.3 is 6.03 Å². The summed E-state index contributed by atoms with van der Waals surface area (Å²) in [6, 6.07) is 14.9. The topological polar surface area (TPSA) is 71.0 Å². The van der Waals surface area contributed by atoms with Gasteiger partial charge < -0.3 is 24.8 Å². The Kier molecular flexibility index (Phi) is 4.89. The van der Waals surface area contributed by atoms with Crippen molar-refractivity contribution in [3.05, 3.63) is 54.1 Å². The molecule has 4 rings (SSSR count). The van der Waals surface area contributed by atoms with Crippen molar-refractivity contribution < 1.29 is 19.4 Å². The van der Waals surface area contributed by atoms with E-state index >= 15 is 0 Å². The van der Waals surface area contributed by atoms with E-state index in [0.717, 1.165) is 22.7 Å². The van der Waals surface area contributed by atoms with Gasteiger partial charge in [-0.25, -0.2) is 4.79 Å². The van der Waals surface area contributed by atoms with E-state index in [0.29, 0.717) is 37.8 Å². The zero-order valence-corrected chi connectivity index (χ0v) is 16.2. The molecule has 0 aromatic heterocycles. The fraction of sp³-hybridized carbons (Fsp3) is 0.409. The molecule has 0 radical (unpaired) electrons. The Morgan fingerprint density at radius 2 is 1.68 bits per heavy atom. The van der Waals surface area contributed by atoms with Gasteiger partial charge in [0.1, 0.15) is 11.5 Å². The van der Waals surface area contributed by atoms with E-state index in [1.54, 1.807) is 14.2 Å². The molecule has 2 aromatic rings. The third-order valence-corrected chi connectivity index (χ3v) is 6.01. The Hall–Kier alpha value is -2.73. The summed E-state index contributed by atoms with van der Waals surface area (Å²) in [4.78, 5) is 14.5. The maximum atomic E-state index is 12.6. The van der Waals surface area contributed by atoms with Crippen LogP contribution in [0.1, 0.15) is 18.4 Å². The third-order valence-electron chi connectivity index (χ3n) is 6.01. The van der Waals surface area contributed by atoms with Crippen molar-refractivity contribution in [3.8, 4) is 11.5 Å². The van der Waals surface area contributed by atoms with Gasteiger partial charge in [0, 0.05) is 18.8 Å². The number of ether oxygens (including phenoxy) is 2. The van der Waals surface area contributed by atoms with Crippen LogP contribution in [0.4, 0.5) is 10.5 Å². The number of hydrogen-bond acceptors (Lipinski definition) is 4.